The minimum Gasteiger partial charge on any atom is -0.492 e. The van der Waals surface area contributed by atoms with Crippen LogP contribution in [-0.2, 0) is 6.54 Å². The summed E-state index contributed by atoms with van der Waals surface area (Å²) in [4.78, 5) is 2.11. The third-order valence-electron chi connectivity index (χ3n) is 5.53. The van der Waals surface area contributed by atoms with Gasteiger partial charge in [0.2, 0.25) is 0 Å². The van der Waals surface area contributed by atoms with Gasteiger partial charge in [0.25, 0.3) is 0 Å². The number of H-pyrrole nitrogens is 1. The van der Waals surface area contributed by atoms with E-state index in [4.69, 9.17) is 4.74 Å². The molecule has 0 radical (unpaired) electrons. The van der Waals surface area contributed by atoms with Crippen LogP contribution in [0.4, 0.5) is 0 Å². The lowest BCUT2D eigenvalue weighted by atomic mass is 9.88. The van der Waals surface area contributed by atoms with Crippen LogP contribution in [0, 0.1) is 0 Å². The molecule has 1 N–H and O–H groups in total. The highest BCUT2D eigenvalue weighted by atomic mass is 16.5. The lowest BCUT2D eigenvalue weighted by molar-refractivity contribution is 0.230. The number of hydrogen-bond acceptors (Lipinski definition) is 5. The minimum atomic E-state index is 0.586. The molecule has 0 spiro atoms. The Morgan fingerprint density at radius 1 is 0.848 bits per heavy atom. The number of nitrogens with zero attached hydrogens (tertiary/aromatic N) is 4. The maximum absolute atomic E-state index is 5.99. The zero-order valence-electron chi connectivity index (χ0n) is 19.1. The summed E-state index contributed by atoms with van der Waals surface area (Å²) >= 11 is 0. The van der Waals surface area contributed by atoms with Gasteiger partial charge in [0.05, 0.1) is 6.54 Å². The molecular formula is C27H29N5O. The normalized spacial score (nSPS) is 12.0. The number of allylic oxidation sites excluding steroid dienone is 1. The number of aromatic nitrogens is 4. The van der Waals surface area contributed by atoms with E-state index in [2.05, 4.69) is 117 Å². The fourth-order valence-electron chi connectivity index (χ4n) is 3.90. The maximum atomic E-state index is 5.99. The summed E-state index contributed by atoms with van der Waals surface area (Å²) in [7, 11) is 2.02. The van der Waals surface area contributed by atoms with E-state index < -0.39 is 0 Å². The zero-order chi connectivity index (χ0) is 22.9. The van der Waals surface area contributed by atoms with Crippen LogP contribution < -0.4 is 4.74 Å². The Bertz CT molecular complexity index is 1140. The van der Waals surface area contributed by atoms with Crippen molar-refractivity contribution >= 4 is 11.1 Å². The Hall–Kier alpha value is -3.77. The van der Waals surface area contributed by atoms with Gasteiger partial charge in [-0.25, -0.2) is 5.10 Å². The van der Waals surface area contributed by atoms with Gasteiger partial charge in [-0.05, 0) is 63.9 Å². The van der Waals surface area contributed by atoms with Crippen molar-refractivity contribution in [1.29, 1.82) is 0 Å². The number of nitrogens with one attached hydrogen (secondary N) is 1. The van der Waals surface area contributed by atoms with Gasteiger partial charge in [0.1, 0.15) is 12.4 Å². The summed E-state index contributed by atoms with van der Waals surface area (Å²) < 4.78 is 5.99. The topological polar surface area (TPSA) is 66.9 Å². The van der Waals surface area contributed by atoms with E-state index in [1.54, 1.807) is 0 Å². The Morgan fingerprint density at radius 2 is 1.48 bits per heavy atom. The molecule has 1 aromatic heterocycles. The van der Waals surface area contributed by atoms with E-state index in [0.29, 0.717) is 13.2 Å². The van der Waals surface area contributed by atoms with Gasteiger partial charge in [0.15, 0.2) is 5.82 Å². The molecule has 1 heterocycles. The molecule has 168 valence electrons. The van der Waals surface area contributed by atoms with Crippen molar-refractivity contribution in [2.75, 3.05) is 20.2 Å². The highest BCUT2D eigenvalue weighted by Gasteiger charge is 2.13. The molecule has 4 aromatic rings. The van der Waals surface area contributed by atoms with E-state index in [1.165, 1.54) is 27.8 Å². The molecule has 0 amide bonds. The van der Waals surface area contributed by atoms with Crippen molar-refractivity contribution in [3.8, 4) is 5.75 Å². The van der Waals surface area contributed by atoms with Gasteiger partial charge < -0.3 is 4.74 Å². The lowest BCUT2D eigenvalue weighted by Crippen LogP contribution is -2.24. The molecule has 0 atom stereocenters. The minimum absolute atomic E-state index is 0.586. The largest absolute Gasteiger partial charge is 0.492 e. The molecule has 0 fully saturated rings. The third kappa shape index (κ3) is 5.93. The quantitative estimate of drug-likeness (QED) is 0.349. The first-order chi connectivity index (χ1) is 16.2. The Labute approximate surface area is 194 Å². The van der Waals surface area contributed by atoms with E-state index in [1.807, 2.05) is 7.05 Å². The van der Waals surface area contributed by atoms with Crippen LogP contribution in [-0.4, -0.2) is 45.7 Å². The first-order valence-electron chi connectivity index (χ1n) is 11.2. The zero-order valence-corrected chi connectivity index (χ0v) is 19.1. The molecule has 0 aliphatic carbocycles. The summed E-state index contributed by atoms with van der Waals surface area (Å²) in [6, 6.07) is 29.6. The van der Waals surface area contributed by atoms with Crippen LogP contribution in [0.5, 0.6) is 5.75 Å². The SMILES string of the molecule is CC/C(=C(\c1ccccc1)c1ccc(OCCN(C)Cc2nnn[nH]2)cc1)c1ccccc1. The van der Waals surface area contributed by atoms with Crippen molar-refractivity contribution in [2.24, 2.45) is 0 Å². The summed E-state index contributed by atoms with van der Waals surface area (Å²) in [5.41, 5.74) is 6.25. The fraction of sp³-hybridized carbons (Fsp3) is 0.222. The van der Waals surface area contributed by atoms with E-state index >= 15 is 0 Å². The van der Waals surface area contributed by atoms with Crippen molar-refractivity contribution in [2.45, 2.75) is 19.9 Å². The molecule has 0 bridgehead atoms. The van der Waals surface area contributed by atoms with Gasteiger partial charge in [-0.15, -0.1) is 5.10 Å². The molecule has 33 heavy (non-hydrogen) atoms. The van der Waals surface area contributed by atoms with Crippen LogP contribution in [0.3, 0.4) is 0 Å². The molecule has 6 heteroatoms. The van der Waals surface area contributed by atoms with Crippen LogP contribution in [0.15, 0.2) is 84.9 Å². The maximum Gasteiger partial charge on any atom is 0.162 e. The molecule has 3 aromatic carbocycles. The number of tetrazole rings is 1. The van der Waals surface area contributed by atoms with Crippen LogP contribution in [0.2, 0.25) is 0 Å². The van der Waals surface area contributed by atoms with Gasteiger partial charge in [-0.3, -0.25) is 4.90 Å². The van der Waals surface area contributed by atoms with Crippen molar-refractivity contribution in [1.82, 2.24) is 25.5 Å². The number of likely N-dealkylation sites (N-methyl/N-ethyl adjacent to an activating group) is 1. The number of rotatable bonds is 10. The average molecular weight is 440 g/mol. The summed E-state index contributed by atoms with van der Waals surface area (Å²) in [6.07, 6.45) is 0.944. The second-order valence-corrected chi connectivity index (χ2v) is 7.90. The smallest absolute Gasteiger partial charge is 0.162 e. The first kappa shape index (κ1) is 22.4. The average Bonchev–Trinajstić information content (AvgIpc) is 3.37. The van der Waals surface area contributed by atoms with Crippen LogP contribution in [0.1, 0.15) is 35.9 Å². The molecule has 0 saturated carbocycles. The Morgan fingerprint density at radius 3 is 2.09 bits per heavy atom. The Kier molecular flexibility index (Phi) is 7.61. The summed E-state index contributed by atoms with van der Waals surface area (Å²) in [5, 5.41) is 13.9. The number of ether oxygens (including phenoxy) is 1. The molecule has 4 rings (SSSR count). The van der Waals surface area contributed by atoms with Crippen LogP contribution in [0.25, 0.3) is 11.1 Å². The number of aromatic amines is 1. The van der Waals surface area contributed by atoms with Crippen molar-refractivity contribution in [3.05, 3.63) is 107 Å². The molecular weight excluding hydrogens is 410 g/mol. The standard InChI is InChI=1S/C27H29N5O/c1-3-25(21-10-6-4-7-11-21)27(22-12-8-5-9-13-22)23-14-16-24(17-15-23)33-19-18-32(2)20-26-28-30-31-29-26/h4-17H,3,18-20H2,1-2H3,(H,28,29,30,31)/b27-25-. The predicted molar refractivity (Wildman–Crippen MR) is 132 cm³/mol. The second-order valence-electron chi connectivity index (χ2n) is 7.90. The van der Waals surface area contributed by atoms with E-state index in [9.17, 15) is 0 Å². The number of benzene rings is 3. The predicted octanol–water partition coefficient (Wildman–Crippen LogP) is 5.08. The molecule has 0 aliphatic heterocycles. The molecule has 0 unspecified atom stereocenters. The van der Waals surface area contributed by atoms with Crippen molar-refractivity contribution < 1.29 is 4.74 Å². The molecule has 0 saturated heterocycles. The number of hydrogen-bond donors (Lipinski definition) is 1. The molecule has 0 aliphatic rings. The second kappa shape index (κ2) is 11.2. The fourth-order valence-corrected chi connectivity index (χ4v) is 3.90. The van der Waals surface area contributed by atoms with Crippen molar-refractivity contribution in [3.63, 3.8) is 0 Å². The summed E-state index contributed by atoms with van der Waals surface area (Å²) in [6.45, 7) is 4.22. The highest BCUT2D eigenvalue weighted by molar-refractivity contribution is 5.98. The third-order valence-corrected chi connectivity index (χ3v) is 5.53. The first-order valence-corrected chi connectivity index (χ1v) is 11.2. The van der Waals surface area contributed by atoms with Gasteiger partial charge in [-0.1, -0.05) is 79.7 Å². The monoisotopic (exact) mass is 439 g/mol. The lowest BCUT2D eigenvalue weighted by Gasteiger charge is -2.17. The van der Waals surface area contributed by atoms with E-state index in [-0.39, 0.29) is 0 Å². The summed E-state index contributed by atoms with van der Waals surface area (Å²) in [5.74, 6) is 1.60. The van der Waals surface area contributed by atoms with E-state index in [0.717, 1.165) is 24.5 Å². The highest BCUT2D eigenvalue weighted by Crippen LogP contribution is 2.34. The van der Waals surface area contributed by atoms with Crippen LogP contribution >= 0.6 is 0 Å². The van der Waals surface area contributed by atoms with Gasteiger partial charge in [-0.2, -0.15) is 0 Å². The van der Waals surface area contributed by atoms with Gasteiger partial charge in [0, 0.05) is 6.54 Å². The molecule has 6 nitrogen and oxygen atoms in total. The Balaban J connectivity index is 1.51. The van der Waals surface area contributed by atoms with Gasteiger partial charge >= 0.3 is 0 Å².